The van der Waals surface area contributed by atoms with Gasteiger partial charge in [0.25, 0.3) is 5.56 Å². The molecule has 0 spiro atoms. The third-order valence-corrected chi connectivity index (χ3v) is 3.34. The summed E-state index contributed by atoms with van der Waals surface area (Å²) in [5.41, 5.74) is -0.0541. The van der Waals surface area contributed by atoms with E-state index >= 15 is 0 Å². The zero-order valence-corrected chi connectivity index (χ0v) is 9.35. The highest BCUT2D eigenvalue weighted by Crippen LogP contribution is 2.34. The number of hydrogen-bond donors (Lipinski definition) is 1. The van der Waals surface area contributed by atoms with Gasteiger partial charge in [0, 0.05) is 19.2 Å². The van der Waals surface area contributed by atoms with Gasteiger partial charge in [-0.05, 0) is 37.5 Å². The Bertz CT molecular complexity index is 406. The fourth-order valence-electron chi connectivity index (χ4n) is 2.02. The van der Waals surface area contributed by atoms with Crippen molar-refractivity contribution in [2.24, 2.45) is 11.8 Å². The number of nitrogens with one attached hydrogen (secondary N) is 1. The monoisotopic (exact) mass is 219 g/mol. The Morgan fingerprint density at radius 3 is 2.38 bits per heavy atom. The van der Waals surface area contributed by atoms with Gasteiger partial charge in [-0.2, -0.15) is 0 Å². The van der Waals surface area contributed by atoms with Gasteiger partial charge in [-0.15, -0.1) is 0 Å². The molecule has 4 nitrogen and oxygen atoms in total. The molecular weight excluding hydrogens is 202 g/mol. The van der Waals surface area contributed by atoms with Gasteiger partial charge in [0.05, 0.1) is 6.33 Å². The summed E-state index contributed by atoms with van der Waals surface area (Å²) in [4.78, 5) is 20.4. The lowest BCUT2D eigenvalue weighted by molar-refractivity contribution is 0.670. The van der Waals surface area contributed by atoms with Crippen LogP contribution in [0.3, 0.4) is 0 Å². The smallest absolute Gasteiger partial charge is 0.252 e. The van der Waals surface area contributed by atoms with Crippen LogP contribution in [0.1, 0.15) is 25.7 Å². The van der Waals surface area contributed by atoms with Crippen molar-refractivity contribution in [1.29, 1.82) is 0 Å². The molecule has 1 aromatic rings. The Morgan fingerprint density at radius 1 is 1.25 bits per heavy atom. The van der Waals surface area contributed by atoms with Crippen molar-refractivity contribution in [3.8, 4) is 0 Å². The van der Waals surface area contributed by atoms with Crippen molar-refractivity contribution < 1.29 is 0 Å². The van der Waals surface area contributed by atoms with Crippen molar-refractivity contribution >= 4 is 5.82 Å². The first kappa shape index (κ1) is 9.87. The van der Waals surface area contributed by atoms with Gasteiger partial charge >= 0.3 is 0 Å². The van der Waals surface area contributed by atoms with Crippen LogP contribution in [0.2, 0.25) is 0 Å². The minimum Gasteiger partial charge on any atom is -0.356 e. The molecule has 0 aliphatic heterocycles. The van der Waals surface area contributed by atoms with Crippen LogP contribution in [0, 0.1) is 11.8 Å². The highest BCUT2D eigenvalue weighted by atomic mass is 16.1. The molecule has 0 aromatic carbocycles. The molecule has 4 heteroatoms. The topological polar surface area (TPSA) is 49.0 Å². The van der Waals surface area contributed by atoms with Crippen LogP contribution in [0.5, 0.6) is 0 Å². The minimum absolute atomic E-state index is 0.0541. The number of rotatable bonds is 5. The van der Waals surface area contributed by atoms with Gasteiger partial charge in [0.2, 0.25) is 0 Å². The Morgan fingerprint density at radius 2 is 1.88 bits per heavy atom. The third-order valence-electron chi connectivity index (χ3n) is 3.34. The number of hydrogen-bond acceptors (Lipinski definition) is 3. The highest BCUT2D eigenvalue weighted by molar-refractivity contribution is 5.37. The van der Waals surface area contributed by atoms with Crippen LogP contribution < -0.4 is 10.5 Å². The van der Waals surface area contributed by atoms with E-state index in [1.165, 1.54) is 32.0 Å². The second kappa shape index (κ2) is 3.92. The summed E-state index contributed by atoms with van der Waals surface area (Å²) in [6.45, 7) is 2.15. The summed E-state index contributed by atoms with van der Waals surface area (Å²) in [6, 6.07) is 1.62. The van der Waals surface area contributed by atoms with Crippen molar-refractivity contribution in [3.63, 3.8) is 0 Å². The van der Waals surface area contributed by atoms with E-state index in [0.29, 0.717) is 0 Å². The van der Waals surface area contributed by atoms with E-state index in [1.807, 2.05) is 0 Å². The number of aromatic nitrogens is 2. The summed E-state index contributed by atoms with van der Waals surface area (Å²) < 4.78 is 0. The number of aromatic amines is 1. The molecule has 0 unspecified atom stereocenters. The molecule has 1 N–H and O–H groups in total. The molecule has 3 rings (SSSR count). The lowest BCUT2D eigenvalue weighted by atomic mass is 10.3. The maximum Gasteiger partial charge on any atom is 0.252 e. The second-order valence-corrected chi connectivity index (χ2v) is 5.06. The zero-order valence-electron chi connectivity index (χ0n) is 9.35. The van der Waals surface area contributed by atoms with Crippen LogP contribution in [0.25, 0.3) is 0 Å². The van der Waals surface area contributed by atoms with E-state index in [1.54, 1.807) is 6.07 Å². The van der Waals surface area contributed by atoms with Crippen molar-refractivity contribution in [2.75, 3.05) is 18.0 Å². The standard InChI is InChI=1S/C12H17N3O/c16-12-5-11(13-8-14-12)15(6-9-1-2-9)7-10-3-4-10/h5,8-10H,1-4,6-7H2,(H,13,14,16). The van der Waals surface area contributed by atoms with Gasteiger partial charge < -0.3 is 9.88 Å². The SMILES string of the molecule is O=c1cc(N(CC2CC2)CC2CC2)nc[nH]1. The largest absolute Gasteiger partial charge is 0.356 e. The molecule has 2 aliphatic carbocycles. The van der Waals surface area contributed by atoms with E-state index in [9.17, 15) is 4.79 Å². The highest BCUT2D eigenvalue weighted by Gasteiger charge is 2.29. The lowest BCUT2D eigenvalue weighted by Gasteiger charge is -2.23. The molecular formula is C12H17N3O. The van der Waals surface area contributed by atoms with Gasteiger partial charge in [-0.25, -0.2) is 4.98 Å². The number of nitrogens with zero attached hydrogens (tertiary/aromatic N) is 2. The van der Waals surface area contributed by atoms with E-state index in [-0.39, 0.29) is 5.56 Å². The molecule has 2 fully saturated rings. The molecule has 0 saturated heterocycles. The molecule has 1 aromatic heterocycles. The average Bonchev–Trinajstić information content (AvgIpc) is 3.11. The predicted molar refractivity (Wildman–Crippen MR) is 62.5 cm³/mol. The van der Waals surface area contributed by atoms with E-state index in [0.717, 1.165) is 30.7 Å². The molecule has 0 atom stereocenters. The molecule has 16 heavy (non-hydrogen) atoms. The molecule has 2 saturated carbocycles. The van der Waals surface area contributed by atoms with Crippen molar-refractivity contribution in [1.82, 2.24) is 9.97 Å². The predicted octanol–water partition coefficient (Wildman–Crippen LogP) is 1.40. The molecule has 1 heterocycles. The number of H-pyrrole nitrogens is 1. The van der Waals surface area contributed by atoms with E-state index in [4.69, 9.17) is 0 Å². The van der Waals surface area contributed by atoms with Crippen LogP contribution in [-0.2, 0) is 0 Å². The second-order valence-electron chi connectivity index (χ2n) is 5.06. The maximum atomic E-state index is 11.3. The lowest BCUT2D eigenvalue weighted by Crippen LogP contribution is -2.30. The van der Waals surface area contributed by atoms with E-state index in [2.05, 4.69) is 14.9 Å². The first-order valence-electron chi connectivity index (χ1n) is 6.11. The summed E-state index contributed by atoms with van der Waals surface area (Å²) in [5, 5.41) is 0. The Balaban J connectivity index is 1.75. The van der Waals surface area contributed by atoms with Crippen LogP contribution in [0.15, 0.2) is 17.2 Å². The molecule has 2 aliphatic rings. The van der Waals surface area contributed by atoms with Crippen LogP contribution >= 0.6 is 0 Å². The quantitative estimate of drug-likeness (QED) is 0.814. The molecule has 0 bridgehead atoms. The van der Waals surface area contributed by atoms with Crippen LogP contribution in [0.4, 0.5) is 5.82 Å². The molecule has 86 valence electrons. The van der Waals surface area contributed by atoms with Crippen molar-refractivity contribution in [3.05, 3.63) is 22.7 Å². The third kappa shape index (κ3) is 2.43. The summed E-state index contributed by atoms with van der Waals surface area (Å²) in [6.07, 6.45) is 6.86. The molecule has 0 radical (unpaired) electrons. The normalized spacial score (nSPS) is 19.8. The molecule has 0 amide bonds. The Kier molecular flexibility index (Phi) is 2.42. The average molecular weight is 219 g/mol. The fourth-order valence-corrected chi connectivity index (χ4v) is 2.02. The first-order chi connectivity index (χ1) is 7.81. The van der Waals surface area contributed by atoms with Gasteiger partial charge in [-0.1, -0.05) is 0 Å². The van der Waals surface area contributed by atoms with Gasteiger partial charge in [0.1, 0.15) is 5.82 Å². The van der Waals surface area contributed by atoms with Crippen LogP contribution in [-0.4, -0.2) is 23.1 Å². The first-order valence-corrected chi connectivity index (χ1v) is 6.11. The van der Waals surface area contributed by atoms with Gasteiger partial charge in [-0.3, -0.25) is 4.79 Å². The number of anilines is 1. The fraction of sp³-hybridized carbons (Fsp3) is 0.667. The minimum atomic E-state index is -0.0541. The Hall–Kier alpha value is -1.32. The van der Waals surface area contributed by atoms with E-state index < -0.39 is 0 Å². The zero-order chi connectivity index (χ0) is 11.0. The maximum absolute atomic E-state index is 11.3. The van der Waals surface area contributed by atoms with Crippen molar-refractivity contribution in [2.45, 2.75) is 25.7 Å². The summed E-state index contributed by atoms with van der Waals surface area (Å²) in [5.74, 6) is 2.52. The summed E-state index contributed by atoms with van der Waals surface area (Å²) in [7, 11) is 0. The van der Waals surface area contributed by atoms with Gasteiger partial charge in [0.15, 0.2) is 0 Å². The Labute approximate surface area is 94.7 Å². The summed E-state index contributed by atoms with van der Waals surface area (Å²) >= 11 is 0.